The maximum absolute atomic E-state index is 15.0. The predicted molar refractivity (Wildman–Crippen MR) is 91.9 cm³/mol. The number of amides is 2. The van der Waals surface area contributed by atoms with Crippen LogP contribution in [0.2, 0.25) is 0 Å². The van der Waals surface area contributed by atoms with Crippen LogP contribution in [-0.4, -0.2) is 23.1 Å². The molecule has 2 aromatic rings. The zero-order chi connectivity index (χ0) is 19.9. The summed E-state index contributed by atoms with van der Waals surface area (Å²) in [6.45, 7) is 1.57. The molecule has 1 saturated carbocycles. The Hall–Kier alpha value is -3.15. The predicted octanol–water partition coefficient (Wildman–Crippen LogP) is 2.85. The first-order valence-electron chi connectivity index (χ1n) is 8.45. The molecule has 0 spiro atoms. The second-order valence-corrected chi connectivity index (χ2v) is 6.69. The van der Waals surface area contributed by atoms with Gasteiger partial charge in [-0.15, -0.1) is 0 Å². The molecular weight excluding hydrogens is 358 g/mol. The number of hydrogen-bond donors (Lipinski definition) is 3. The van der Waals surface area contributed by atoms with Gasteiger partial charge in [0, 0.05) is 16.6 Å². The average Bonchev–Trinajstić information content (AvgIpc) is 2.90. The topological polar surface area (TPSA) is 135 Å². The number of nitrogens with two attached hydrogens (primary N) is 2. The second-order valence-electron chi connectivity index (χ2n) is 6.69. The number of rotatable bonds is 3. The Morgan fingerprint density at radius 1 is 1.26 bits per heavy atom. The van der Waals surface area contributed by atoms with Gasteiger partial charge >= 0.3 is 6.09 Å². The first-order valence-corrected chi connectivity index (χ1v) is 8.45. The van der Waals surface area contributed by atoms with Crippen molar-refractivity contribution in [3.05, 3.63) is 34.0 Å². The van der Waals surface area contributed by atoms with E-state index in [1.807, 2.05) is 6.07 Å². The van der Waals surface area contributed by atoms with Gasteiger partial charge in [0.25, 0.3) is 5.91 Å². The van der Waals surface area contributed by atoms with Crippen LogP contribution < -0.4 is 11.5 Å². The summed E-state index contributed by atoms with van der Waals surface area (Å²) in [7, 11) is 0. The molecule has 3 rings (SSSR count). The molecule has 0 saturated heterocycles. The molecule has 27 heavy (non-hydrogen) atoms. The third kappa shape index (κ3) is 3.07. The van der Waals surface area contributed by atoms with Gasteiger partial charge in [-0.1, -0.05) is 0 Å². The molecule has 2 atom stereocenters. The molecule has 1 aromatic carbocycles. The molecule has 0 bridgehead atoms. The van der Waals surface area contributed by atoms with Crippen LogP contribution in [-0.2, 0) is 4.74 Å². The molecule has 1 aliphatic carbocycles. The molecule has 142 valence electrons. The lowest BCUT2D eigenvalue weighted by Crippen LogP contribution is -2.28. The van der Waals surface area contributed by atoms with Crippen LogP contribution in [0.15, 0.2) is 0 Å². The zero-order valence-corrected chi connectivity index (χ0v) is 14.6. The molecule has 1 heterocycles. The number of aromatic nitrogens is 1. The molecule has 2 unspecified atom stereocenters. The number of aryl methyl sites for hydroxylation is 1. The van der Waals surface area contributed by atoms with Crippen LogP contribution in [0.4, 0.5) is 13.6 Å². The molecule has 1 fully saturated rings. The van der Waals surface area contributed by atoms with Crippen molar-refractivity contribution in [3.63, 3.8) is 0 Å². The number of hydrogen-bond acceptors (Lipinski definition) is 4. The lowest BCUT2D eigenvalue weighted by atomic mass is 9.80. The van der Waals surface area contributed by atoms with E-state index in [1.165, 1.54) is 0 Å². The quantitative estimate of drug-likeness (QED) is 0.759. The van der Waals surface area contributed by atoms with Gasteiger partial charge in [-0.2, -0.15) is 5.26 Å². The van der Waals surface area contributed by atoms with Crippen molar-refractivity contribution in [2.24, 2.45) is 11.5 Å². The minimum absolute atomic E-state index is 0.00314. The van der Waals surface area contributed by atoms with E-state index < -0.39 is 41.2 Å². The molecule has 0 radical (unpaired) electrons. The van der Waals surface area contributed by atoms with Crippen molar-refractivity contribution in [2.45, 2.75) is 44.6 Å². The summed E-state index contributed by atoms with van der Waals surface area (Å²) < 4.78 is 34.7. The number of nitrogens with one attached hydrogen (secondary N) is 1. The first-order chi connectivity index (χ1) is 12.8. The Kier molecular flexibility index (Phi) is 4.74. The lowest BCUT2D eigenvalue weighted by molar-refractivity contribution is 0.0765. The number of ether oxygens (including phenoxy) is 1. The van der Waals surface area contributed by atoms with E-state index in [4.69, 9.17) is 16.2 Å². The van der Waals surface area contributed by atoms with Gasteiger partial charge in [0.05, 0.1) is 11.1 Å². The first kappa shape index (κ1) is 18.6. The van der Waals surface area contributed by atoms with Gasteiger partial charge in [-0.05, 0) is 38.5 Å². The van der Waals surface area contributed by atoms with E-state index in [0.717, 1.165) is 0 Å². The van der Waals surface area contributed by atoms with Crippen molar-refractivity contribution >= 4 is 22.9 Å². The number of carbonyl (C=O) groups is 2. The van der Waals surface area contributed by atoms with Crippen LogP contribution in [0.3, 0.4) is 0 Å². The molecule has 0 aliphatic heterocycles. The van der Waals surface area contributed by atoms with E-state index in [9.17, 15) is 19.2 Å². The fraction of sp³-hybridized carbons (Fsp3) is 0.389. The van der Waals surface area contributed by atoms with Crippen LogP contribution in [0.5, 0.6) is 0 Å². The third-order valence-corrected chi connectivity index (χ3v) is 5.03. The Labute approximate surface area is 153 Å². The Morgan fingerprint density at radius 3 is 2.56 bits per heavy atom. The Balaban J connectivity index is 2.25. The average molecular weight is 376 g/mol. The maximum Gasteiger partial charge on any atom is 0.404 e. The number of fused-ring (bicyclic) bond motifs is 1. The highest BCUT2D eigenvalue weighted by Gasteiger charge is 2.34. The molecular formula is C18H18F2N4O3. The van der Waals surface area contributed by atoms with E-state index >= 15 is 4.39 Å². The van der Waals surface area contributed by atoms with Crippen molar-refractivity contribution in [1.82, 2.24) is 4.98 Å². The van der Waals surface area contributed by atoms with Gasteiger partial charge in [-0.25, -0.2) is 13.6 Å². The number of benzene rings is 1. The smallest absolute Gasteiger partial charge is 0.404 e. The van der Waals surface area contributed by atoms with Crippen molar-refractivity contribution in [1.29, 1.82) is 5.26 Å². The van der Waals surface area contributed by atoms with Crippen LogP contribution in [0, 0.1) is 29.9 Å². The normalized spacial score (nSPS) is 19.6. The summed E-state index contributed by atoms with van der Waals surface area (Å²) in [4.78, 5) is 25.5. The minimum Gasteiger partial charge on any atom is -0.446 e. The number of nitriles is 1. The van der Waals surface area contributed by atoms with E-state index in [1.54, 1.807) is 6.92 Å². The van der Waals surface area contributed by atoms with E-state index in [2.05, 4.69) is 4.98 Å². The summed E-state index contributed by atoms with van der Waals surface area (Å²) in [5.41, 5.74) is 10.2. The van der Waals surface area contributed by atoms with Gasteiger partial charge < -0.3 is 21.2 Å². The standard InChI is InChI=1S/C18H18F2N4O3/c1-7-10(6-21)12-11(8-3-2-4-9(5-8)27-18(23)26)14(19)15(20)13(17(22)25)16(12)24-7/h8-9,24H,2-5H2,1H3,(H2,22,25)(H2,23,26). The summed E-state index contributed by atoms with van der Waals surface area (Å²) in [6, 6.07) is 1.98. The lowest BCUT2D eigenvalue weighted by Gasteiger charge is -2.29. The molecule has 2 amide bonds. The number of halogens is 2. The maximum atomic E-state index is 15.0. The number of carbonyl (C=O) groups excluding carboxylic acids is 2. The molecule has 1 aliphatic rings. The summed E-state index contributed by atoms with van der Waals surface area (Å²) in [6.07, 6.45) is 0.447. The van der Waals surface area contributed by atoms with Gasteiger partial charge in [0.15, 0.2) is 11.6 Å². The van der Waals surface area contributed by atoms with Crippen LogP contribution in [0.25, 0.3) is 10.9 Å². The summed E-state index contributed by atoms with van der Waals surface area (Å²) in [5.74, 6) is -4.21. The van der Waals surface area contributed by atoms with E-state index in [0.29, 0.717) is 25.0 Å². The van der Waals surface area contributed by atoms with Crippen molar-refractivity contribution in [2.75, 3.05) is 0 Å². The fourth-order valence-corrected chi connectivity index (χ4v) is 3.96. The second kappa shape index (κ2) is 6.87. The highest BCUT2D eigenvalue weighted by Crippen LogP contribution is 2.42. The van der Waals surface area contributed by atoms with Gasteiger partial charge in [0.1, 0.15) is 17.7 Å². The zero-order valence-electron chi connectivity index (χ0n) is 14.6. The molecule has 7 nitrogen and oxygen atoms in total. The van der Waals surface area contributed by atoms with Gasteiger partial charge in [-0.3, -0.25) is 4.79 Å². The highest BCUT2D eigenvalue weighted by molar-refractivity contribution is 6.08. The SMILES string of the molecule is Cc1[nH]c2c(C(N)=O)c(F)c(F)c(C3CCCC(OC(N)=O)C3)c2c1C#N. The Morgan fingerprint density at radius 2 is 1.96 bits per heavy atom. The van der Waals surface area contributed by atoms with E-state index in [-0.39, 0.29) is 28.5 Å². The number of aromatic amines is 1. The fourth-order valence-electron chi connectivity index (χ4n) is 3.96. The largest absolute Gasteiger partial charge is 0.446 e. The monoisotopic (exact) mass is 376 g/mol. The van der Waals surface area contributed by atoms with Crippen molar-refractivity contribution < 1.29 is 23.1 Å². The molecule has 1 aromatic heterocycles. The number of H-pyrrole nitrogens is 1. The number of primary amides is 2. The minimum atomic E-state index is -1.35. The molecule has 5 N–H and O–H groups in total. The summed E-state index contributed by atoms with van der Waals surface area (Å²) in [5, 5.41) is 9.65. The number of nitrogens with zero attached hydrogens (tertiary/aromatic N) is 1. The third-order valence-electron chi connectivity index (χ3n) is 5.03. The summed E-state index contributed by atoms with van der Waals surface area (Å²) >= 11 is 0. The molecule has 9 heteroatoms. The van der Waals surface area contributed by atoms with Crippen LogP contribution in [0.1, 0.15) is 58.8 Å². The Bertz CT molecular complexity index is 993. The van der Waals surface area contributed by atoms with Crippen LogP contribution >= 0.6 is 0 Å². The van der Waals surface area contributed by atoms with Gasteiger partial charge in [0.2, 0.25) is 0 Å². The highest BCUT2D eigenvalue weighted by atomic mass is 19.2. The van der Waals surface area contributed by atoms with Crippen molar-refractivity contribution in [3.8, 4) is 6.07 Å².